The first-order valence-corrected chi connectivity index (χ1v) is 10.1. The Bertz CT molecular complexity index is 1060. The van der Waals surface area contributed by atoms with Crippen LogP contribution in [0.3, 0.4) is 0 Å². The molecule has 3 heterocycles. The lowest BCUT2D eigenvalue weighted by Crippen LogP contribution is -2.29. The van der Waals surface area contributed by atoms with Gasteiger partial charge in [-0.2, -0.15) is 0 Å². The van der Waals surface area contributed by atoms with Crippen molar-refractivity contribution in [1.29, 1.82) is 0 Å². The molecule has 2 aliphatic heterocycles. The van der Waals surface area contributed by atoms with Gasteiger partial charge in [0.1, 0.15) is 23.1 Å². The Labute approximate surface area is 170 Å². The maximum Gasteiger partial charge on any atom is 0.185 e. The quantitative estimate of drug-likeness (QED) is 0.489. The molecule has 134 valence electrons. The van der Waals surface area contributed by atoms with Gasteiger partial charge in [-0.1, -0.05) is 70.0 Å². The van der Waals surface area contributed by atoms with Gasteiger partial charge in [-0.25, -0.2) is 0 Å². The van der Waals surface area contributed by atoms with Crippen LogP contribution >= 0.6 is 27.5 Å². The third kappa shape index (κ3) is 1.98. The van der Waals surface area contributed by atoms with E-state index in [1.807, 2.05) is 12.1 Å². The summed E-state index contributed by atoms with van der Waals surface area (Å²) in [5.41, 5.74) is 2.36. The molecule has 4 unspecified atom stereocenters. The SMILES string of the molecule is Clc1cnc2c(c1)OC1C(c3ccccc3)CC3(c4ccc(Br)cc4)OC213. The molecule has 1 aliphatic carbocycles. The summed E-state index contributed by atoms with van der Waals surface area (Å²) in [6.45, 7) is 0. The average Bonchev–Trinajstić information content (AvgIpc) is 3.12. The summed E-state index contributed by atoms with van der Waals surface area (Å²) >= 11 is 9.70. The van der Waals surface area contributed by atoms with Gasteiger partial charge in [-0.15, -0.1) is 0 Å². The Morgan fingerprint density at radius 1 is 1.07 bits per heavy atom. The lowest BCUT2D eigenvalue weighted by atomic mass is 9.86. The number of halogens is 2. The second-order valence-corrected chi connectivity index (χ2v) is 8.78. The number of pyridine rings is 1. The van der Waals surface area contributed by atoms with E-state index < -0.39 is 11.2 Å². The standard InChI is InChI=1S/C22H15BrClNO2/c23-15-8-6-14(7-9-15)21-11-17(13-4-2-1-3-5-13)20-22(21,27-21)19-18(26-20)10-16(24)12-25-19/h1-10,12,17,20H,11H2. The molecule has 1 spiro atoms. The zero-order chi connectivity index (χ0) is 18.2. The van der Waals surface area contributed by atoms with Gasteiger partial charge in [-0.3, -0.25) is 4.98 Å². The zero-order valence-electron chi connectivity index (χ0n) is 14.2. The molecule has 2 aromatic carbocycles. The predicted octanol–water partition coefficient (Wildman–Crippen LogP) is 5.57. The zero-order valence-corrected chi connectivity index (χ0v) is 16.6. The molecule has 2 fully saturated rings. The molecule has 3 aromatic rings. The second-order valence-electron chi connectivity index (χ2n) is 7.43. The molecule has 0 bridgehead atoms. The van der Waals surface area contributed by atoms with E-state index in [2.05, 4.69) is 69.4 Å². The summed E-state index contributed by atoms with van der Waals surface area (Å²) in [6.07, 6.45) is 2.45. The van der Waals surface area contributed by atoms with Crippen molar-refractivity contribution in [3.63, 3.8) is 0 Å². The number of nitrogens with zero attached hydrogens (tertiary/aromatic N) is 1. The Hall–Kier alpha value is -1.88. The fourth-order valence-electron chi connectivity index (χ4n) is 5.00. The molecule has 6 rings (SSSR count). The number of fused-ring (bicyclic) bond motifs is 1. The van der Waals surface area contributed by atoms with Gasteiger partial charge < -0.3 is 9.47 Å². The van der Waals surface area contributed by atoms with Crippen LogP contribution < -0.4 is 4.74 Å². The van der Waals surface area contributed by atoms with Crippen LogP contribution in [0.2, 0.25) is 5.02 Å². The summed E-state index contributed by atoms with van der Waals surface area (Å²) in [7, 11) is 0. The first-order chi connectivity index (χ1) is 13.1. The lowest BCUT2D eigenvalue weighted by Gasteiger charge is -2.22. The minimum atomic E-state index is -0.540. The van der Waals surface area contributed by atoms with Gasteiger partial charge in [0.15, 0.2) is 5.60 Å². The molecule has 4 atom stereocenters. The Balaban J connectivity index is 1.54. The van der Waals surface area contributed by atoms with E-state index in [0.717, 1.165) is 22.3 Å². The van der Waals surface area contributed by atoms with E-state index in [9.17, 15) is 0 Å². The first kappa shape index (κ1) is 16.1. The highest BCUT2D eigenvalue weighted by Gasteiger charge is 2.85. The van der Waals surface area contributed by atoms with Crippen molar-refractivity contribution in [1.82, 2.24) is 4.98 Å². The van der Waals surface area contributed by atoms with Crippen LogP contribution in [0.15, 0.2) is 71.3 Å². The fourth-order valence-corrected chi connectivity index (χ4v) is 5.41. The van der Waals surface area contributed by atoms with Crippen LogP contribution in [-0.4, -0.2) is 11.1 Å². The van der Waals surface area contributed by atoms with E-state index in [-0.39, 0.29) is 12.0 Å². The molecule has 27 heavy (non-hydrogen) atoms. The van der Waals surface area contributed by atoms with Crippen LogP contribution in [0.4, 0.5) is 0 Å². The molecule has 0 amide bonds. The monoisotopic (exact) mass is 439 g/mol. The minimum Gasteiger partial charge on any atom is -0.484 e. The van der Waals surface area contributed by atoms with Crippen LogP contribution in [0.5, 0.6) is 5.75 Å². The number of hydrogen-bond donors (Lipinski definition) is 0. The van der Waals surface area contributed by atoms with Gasteiger partial charge in [-0.05, 0) is 29.7 Å². The summed E-state index contributed by atoms with van der Waals surface area (Å²) in [5.74, 6) is 0.976. The molecule has 0 radical (unpaired) electrons. The summed E-state index contributed by atoms with van der Waals surface area (Å²) in [6, 6.07) is 20.8. The van der Waals surface area contributed by atoms with Crippen molar-refractivity contribution in [3.05, 3.63) is 93.2 Å². The van der Waals surface area contributed by atoms with E-state index in [1.165, 1.54) is 11.1 Å². The third-order valence-electron chi connectivity index (χ3n) is 6.13. The van der Waals surface area contributed by atoms with E-state index in [1.54, 1.807) is 6.20 Å². The fraction of sp³-hybridized carbons (Fsp3) is 0.227. The smallest absolute Gasteiger partial charge is 0.185 e. The molecule has 5 heteroatoms. The van der Waals surface area contributed by atoms with Crippen LogP contribution in [0.25, 0.3) is 0 Å². The predicted molar refractivity (Wildman–Crippen MR) is 106 cm³/mol. The van der Waals surface area contributed by atoms with Gasteiger partial charge in [0.25, 0.3) is 0 Å². The molecular formula is C22H15BrClNO2. The molecule has 3 aliphatic rings. The number of rotatable bonds is 2. The minimum absolute atomic E-state index is 0.107. The van der Waals surface area contributed by atoms with Crippen LogP contribution in [0.1, 0.15) is 29.2 Å². The highest BCUT2D eigenvalue weighted by molar-refractivity contribution is 9.10. The first-order valence-electron chi connectivity index (χ1n) is 8.98. The number of ether oxygens (including phenoxy) is 2. The van der Waals surface area contributed by atoms with Gasteiger partial charge in [0.05, 0.1) is 5.02 Å². The topological polar surface area (TPSA) is 34.6 Å². The summed E-state index contributed by atoms with van der Waals surface area (Å²) < 4.78 is 14.0. The summed E-state index contributed by atoms with van der Waals surface area (Å²) in [4.78, 5) is 4.64. The number of benzene rings is 2. The maximum atomic E-state index is 6.55. The van der Waals surface area contributed by atoms with Crippen LogP contribution in [0, 0.1) is 0 Å². The van der Waals surface area contributed by atoms with Crippen molar-refractivity contribution in [2.45, 2.75) is 29.6 Å². The average molecular weight is 441 g/mol. The van der Waals surface area contributed by atoms with Crippen molar-refractivity contribution in [3.8, 4) is 5.75 Å². The highest BCUT2D eigenvalue weighted by Crippen LogP contribution is 2.77. The summed E-state index contributed by atoms with van der Waals surface area (Å²) in [5, 5.41) is 0.580. The van der Waals surface area contributed by atoms with Crippen molar-refractivity contribution < 1.29 is 9.47 Å². The molecular weight excluding hydrogens is 426 g/mol. The third-order valence-corrected chi connectivity index (χ3v) is 6.87. The number of hydrogen-bond acceptors (Lipinski definition) is 3. The van der Waals surface area contributed by atoms with Crippen LogP contribution in [-0.2, 0) is 15.9 Å². The molecule has 1 aromatic heterocycles. The number of epoxide rings is 1. The highest BCUT2D eigenvalue weighted by atomic mass is 79.9. The van der Waals surface area contributed by atoms with E-state index in [4.69, 9.17) is 21.1 Å². The van der Waals surface area contributed by atoms with Crippen molar-refractivity contribution in [2.75, 3.05) is 0 Å². The normalized spacial score (nSPS) is 32.4. The van der Waals surface area contributed by atoms with Gasteiger partial charge in [0.2, 0.25) is 0 Å². The van der Waals surface area contributed by atoms with Gasteiger partial charge >= 0.3 is 0 Å². The van der Waals surface area contributed by atoms with Crippen molar-refractivity contribution in [2.24, 2.45) is 0 Å². The largest absolute Gasteiger partial charge is 0.484 e. The van der Waals surface area contributed by atoms with Gasteiger partial charge in [0, 0.05) is 22.7 Å². The second kappa shape index (κ2) is 5.34. The van der Waals surface area contributed by atoms with E-state index in [0.29, 0.717) is 5.02 Å². The van der Waals surface area contributed by atoms with Crippen molar-refractivity contribution >= 4 is 27.5 Å². The Kier molecular flexibility index (Phi) is 3.19. The number of aromatic nitrogens is 1. The lowest BCUT2D eigenvalue weighted by molar-refractivity contribution is 0.0896. The molecule has 3 nitrogen and oxygen atoms in total. The molecule has 1 saturated carbocycles. The molecule has 1 saturated heterocycles. The molecule has 0 N–H and O–H groups in total. The van der Waals surface area contributed by atoms with E-state index >= 15 is 0 Å². The Morgan fingerprint density at radius 2 is 1.85 bits per heavy atom. The maximum absolute atomic E-state index is 6.55. The Morgan fingerprint density at radius 3 is 2.63 bits per heavy atom.